The van der Waals surface area contributed by atoms with E-state index in [1.807, 2.05) is 29.2 Å². The first-order valence-corrected chi connectivity index (χ1v) is 8.31. The molecule has 0 saturated carbocycles. The van der Waals surface area contributed by atoms with Crippen molar-refractivity contribution in [3.05, 3.63) is 59.9 Å². The molecule has 0 radical (unpaired) electrons. The van der Waals surface area contributed by atoms with Gasteiger partial charge in [-0.3, -0.25) is 14.6 Å². The van der Waals surface area contributed by atoms with Crippen LogP contribution in [0.3, 0.4) is 0 Å². The summed E-state index contributed by atoms with van der Waals surface area (Å²) in [5, 5.41) is 2.73. The summed E-state index contributed by atoms with van der Waals surface area (Å²) in [5.41, 5.74) is 2.28. The van der Waals surface area contributed by atoms with E-state index in [9.17, 15) is 9.59 Å². The Kier molecular flexibility index (Phi) is 5.43. The molecule has 2 heterocycles. The number of aromatic nitrogens is 1. The Morgan fingerprint density at radius 1 is 1.20 bits per heavy atom. The van der Waals surface area contributed by atoms with Gasteiger partial charge in [0, 0.05) is 36.6 Å². The maximum atomic E-state index is 11.9. The molecule has 0 atom stereocenters. The Balaban J connectivity index is 1.54. The average Bonchev–Trinajstić information content (AvgIpc) is 2.67. The normalized spacial score (nSPS) is 13.8. The molecule has 5 nitrogen and oxygen atoms in total. The summed E-state index contributed by atoms with van der Waals surface area (Å²) in [6.07, 6.45) is 5.78. The van der Waals surface area contributed by atoms with E-state index < -0.39 is 0 Å². The quantitative estimate of drug-likeness (QED) is 0.877. The maximum absolute atomic E-state index is 11.9. The Hall–Kier alpha value is -3.13. The number of benzene rings is 1. The van der Waals surface area contributed by atoms with Gasteiger partial charge < -0.3 is 10.2 Å². The van der Waals surface area contributed by atoms with Crippen molar-refractivity contribution in [2.75, 3.05) is 18.0 Å². The van der Waals surface area contributed by atoms with Crippen LogP contribution in [0, 0.1) is 11.8 Å². The third-order valence-corrected chi connectivity index (χ3v) is 4.00. The monoisotopic (exact) mass is 333 g/mol. The van der Waals surface area contributed by atoms with Gasteiger partial charge in [-0.1, -0.05) is 11.8 Å². The molecule has 1 aromatic heterocycles. The van der Waals surface area contributed by atoms with Gasteiger partial charge in [-0.05, 0) is 49.2 Å². The van der Waals surface area contributed by atoms with Crippen LogP contribution in [0.4, 0.5) is 5.69 Å². The molecule has 5 heteroatoms. The van der Waals surface area contributed by atoms with E-state index in [0.29, 0.717) is 12.0 Å². The summed E-state index contributed by atoms with van der Waals surface area (Å²) >= 11 is 0. The van der Waals surface area contributed by atoms with Crippen LogP contribution in [0.25, 0.3) is 0 Å². The smallest absolute Gasteiger partial charge is 0.253 e. The number of carbonyl (C=O) groups is 2. The van der Waals surface area contributed by atoms with E-state index in [-0.39, 0.29) is 18.4 Å². The van der Waals surface area contributed by atoms with Crippen molar-refractivity contribution in [1.82, 2.24) is 10.3 Å². The third kappa shape index (κ3) is 4.45. The van der Waals surface area contributed by atoms with Crippen LogP contribution in [0.2, 0.25) is 0 Å². The number of nitrogens with zero attached hydrogens (tertiary/aromatic N) is 2. The van der Waals surface area contributed by atoms with Gasteiger partial charge in [0.25, 0.3) is 5.91 Å². The molecule has 0 spiro atoms. The lowest BCUT2D eigenvalue weighted by Gasteiger charge is -2.26. The molecule has 3 rings (SSSR count). The highest BCUT2D eigenvalue weighted by Crippen LogP contribution is 2.20. The molecular formula is C20H19N3O2. The van der Waals surface area contributed by atoms with Gasteiger partial charge in [-0.25, -0.2) is 0 Å². The highest BCUT2D eigenvalue weighted by atomic mass is 16.2. The largest absolute Gasteiger partial charge is 0.341 e. The number of nitrogens with one attached hydrogen (secondary N) is 1. The average molecular weight is 333 g/mol. The van der Waals surface area contributed by atoms with Crippen molar-refractivity contribution in [3.63, 3.8) is 0 Å². The molecule has 1 aliphatic heterocycles. The van der Waals surface area contributed by atoms with Crippen LogP contribution < -0.4 is 10.2 Å². The standard InChI is InChI=1S/C20H19N3O2/c24-19-7-1-2-14-23(19)18-10-8-16(9-11-18)5-3-13-22-20(25)17-6-4-12-21-15-17/h4,6,8-12,15H,1-2,7,13-14H2,(H,22,25). The van der Waals surface area contributed by atoms with Crippen LogP contribution in [0.15, 0.2) is 48.8 Å². The first-order chi connectivity index (χ1) is 12.2. The Morgan fingerprint density at radius 3 is 2.76 bits per heavy atom. The van der Waals surface area contributed by atoms with Crippen LogP contribution in [0.1, 0.15) is 35.2 Å². The fourth-order valence-electron chi connectivity index (χ4n) is 2.67. The maximum Gasteiger partial charge on any atom is 0.253 e. The zero-order chi connectivity index (χ0) is 17.5. The van der Waals surface area contributed by atoms with Crippen LogP contribution in [-0.2, 0) is 4.79 Å². The molecule has 1 fully saturated rings. The number of rotatable bonds is 3. The summed E-state index contributed by atoms with van der Waals surface area (Å²) in [5.74, 6) is 5.93. The zero-order valence-corrected chi connectivity index (χ0v) is 13.9. The first kappa shape index (κ1) is 16.7. The molecule has 0 bridgehead atoms. The minimum atomic E-state index is -0.193. The fourth-order valence-corrected chi connectivity index (χ4v) is 2.67. The summed E-state index contributed by atoms with van der Waals surface area (Å²) in [7, 11) is 0. The minimum Gasteiger partial charge on any atom is -0.341 e. The molecule has 25 heavy (non-hydrogen) atoms. The molecule has 1 saturated heterocycles. The molecule has 2 amide bonds. The second-order valence-electron chi connectivity index (χ2n) is 5.78. The predicted octanol–water partition coefficient (Wildman–Crippen LogP) is 2.38. The van der Waals surface area contributed by atoms with Crippen LogP contribution in [-0.4, -0.2) is 29.9 Å². The molecule has 0 aliphatic carbocycles. The number of amides is 2. The second kappa shape index (κ2) is 8.11. The minimum absolute atomic E-state index is 0.184. The second-order valence-corrected chi connectivity index (χ2v) is 5.78. The zero-order valence-electron chi connectivity index (χ0n) is 13.9. The lowest BCUT2D eigenvalue weighted by atomic mass is 10.1. The van der Waals surface area contributed by atoms with E-state index in [1.165, 1.54) is 6.20 Å². The van der Waals surface area contributed by atoms with Crippen LogP contribution in [0.5, 0.6) is 0 Å². The van der Waals surface area contributed by atoms with Crippen LogP contribution >= 0.6 is 0 Å². The van der Waals surface area contributed by atoms with E-state index in [2.05, 4.69) is 22.1 Å². The molecule has 1 aromatic carbocycles. The third-order valence-electron chi connectivity index (χ3n) is 4.00. The molecule has 0 unspecified atom stereocenters. The molecule has 2 aromatic rings. The highest BCUT2D eigenvalue weighted by molar-refractivity contribution is 5.94. The van der Waals surface area contributed by atoms with Crippen molar-refractivity contribution < 1.29 is 9.59 Å². The van der Waals surface area contributed by atoms with Gasteiger partial charge in [0.2, 0.25) is 5.91 Å². The Bertz CT molecular complexity index is 804. The van der Waals surface area contributed by atoms with Crippen molar-refractivity contribution in [1.29, 1.82) is 0 Å². The Labute approximate surface area is 147 Å². The van der Waals surface area contributed by atoms with E-state index in [0.717, 1.165) is 30.6 Å². The number of pyridine rings is 1. The number of hydrogen-bond acceptors (Lipinski definition) is 3. The van der Waals surface area contributed by atoms with Gasteiger partial charge in [0.1, 0.15) is 0 Å². The number of hydrogen-bond donors (Lipinski definition) is 1. The highest BCUT2D eigenvalue weighted by Gasteiger charge is 2.19. The van der Waals surface area contributed by atoms with E-state index >= 15 is 0 Å². The van der Waals surface area contributed by atoms with E-state index in [4.69, 9.17) is 0 Å². The first-order valence-electron chi connectivity index (χ1n) is 8.31. The van der Waals surface area contributed by atoms with Gasteiger partial charge in [-0.2, -0.15) is 0 Å². The van der Waals surface area contributed by atoms with Gasteiger partial charge >= 0.3 is 0 Å². The Morgan fingerprint density at radius 2 is 2.04 bits per heavy atom. The van der Waals surface area contributed by atoms with Gasteiger partial charge in [-0.15, -0.1) is 0 Å². The lowest BCUT2D eigenvalue weighted by molar-refractivity contribution is -0.119. The predicted molar refractivity (Wildman–Crippen MR) is 96.1 cm³/mol. The summed E-state index contributed by atoms with van der Waals surface area (Å²) in [4.78, 5) is 29.5. The fraction of sp³-hybridized carbons (Fsp3) is 0.250. The molecule has 1 N–H and O–H groups in total. The van der Waals surface area contributed by atoms with E-state index in [1.54, 1.807) is 18.3 Å². The SMILES string of the molecule is O=C(NCC#Cc1ccc(N2CCCCC2=O)cc1)c1cccnc1. The lowest BCUT2D eigenvalue weighted by Crippen LogP contribution is -2.35. The number of piperidine rings is 1. The molecule has 1 aliphatic rings. The van der Waals surface area contributed by atoms with Crippen molar-refractivity contribution in [2.45, 2.75) is 19.3 Å². The van der Waals surface area contributed by atoms with Crippen molar-refractivity contribution >= 4 is 17.5 Å². The topological polar surface area (TPSA) is 62.3 Å². The number of anilines is 1. The number of carbonyl (C=O) groups excluding carboxylic acids is 2. The van der Waals surface area contributed by atoms with Gasteiger partial charge in [0.05, 0.1) is 12.1 Å². The summed E-state index contributed by atoms with van der Waals surface area (Å²) in [6.45, 7) is 1.05. The summed E-state index contributed by atoms with van der Waals surface area (Å²) < 4.78 is 0. The van der Waals surface area contributed by atoms with Crippen molar-refractivity contribution in [2.24, 2.45) is 0 Å². The molecular weight excluding hydrogens is 314 g/mol. The van der Waals surface area contributed by atoms with Gasteiger partial charge in [0.15, 0.2) is 0 Å². The van der Waals surface area contributed by atoms with Crippen molar-refractivity contribution in [3.8, 4) is 11.8 Å². The summed E-state index contributed by atoms with van der Waals surface area (Å²) in [6, 6.07) is 11.1. The molecule has 126 valence electrons.